The molecule has 122 valence electrons. The van der Waals surface area contributed by atoms with Crippen molar-refractivity contribution >= 4 is 18.7 Å². The standard InChI is InChI=1S/C16H26BNO4/c1-11(19)9-15-4-2-3-13(17(21)22-15)10-16(20)12-5-7-14(18)8-6-12/h2,4,12-15,21H,3,5-10,18H2,1H3/t12?,13-,14?,15-/m1/s1. The van der Waals surface area contributed by atoms with Gasteiger partial charge in [-0.25, -0.2) is 0 Å². The number of nitrogens with two attached hydrogens (primary N) is 1. The van der Waals surface area contributed by atoms with Crippen molar-refractivity contribution in [2.24, 2.45) is 11.7 Å². The van der Waals surface area contributed by atoms with Crippen molar-refractivity contribution in [3.8, 4) is 0 Å². The van der Waals surface area contributed by atoms with Gasteiger partial charge < -0.3 is 15.4 Å². The van der Waals surface area contributed by atoms with E-state index in [0.29, 0.717) is 12.8 Å². The average Bonchev–Trinajstić information content (AvgIpc) is 2.61. The summed E-state index contributed by atoms with van der Waals surface area (Å²) in [7, 11) is -0.992. The SMILES string of the molecule is CC(=O)C[C@H]1C=CC[C@H](CC(=O)C2CCC(N)CC2)B(O)O1. The first-order valence-corrected chi connectivity index (χ1v) is 8.23. The number of rotatable bonds is 5. The molecule has 0 spiro atoms. The second-order valence-electron chi connectivity index (χ2n) is 6.68. The minimum Gasteiger partial charge on any atom is -0.427 e. The Morgan fingerprint density at radius 1 is 1.27 bits per heavy atom. The summed E-state index contributed by atoms with van der Waals surface area (Å²) in [6, 6.07) is 0.228. The first-order valence-electron chi connectivity index (χ1n) is 8.23. The van der Waals surface area contributed by atoms with Gasteiger partial charge >= 0.3 is 7.12 Å². The molecule has 0 unspecified atom stereocenters. The van der Waals surface area contributed by atoms with E-state index >= 15 is 0 Å². The summed E-state index contributed by atoms with van der Waals surface area (Å²) in [5.74, 6) is 0.0800. The number of carbonyl (C=O) groups excluding carboxylic acids is 2. The zero-order valence-electron chi connectivity index (χ0n) is 13.2. The van der Waals surface area contributed by atoms with E-state index in [1.165, 1.54) is 6.92 Å². The lowest BCUT2D eigenvalue weighted by Gasteiger charge is -2.26. The smallest absolute Gasteiger partial charge is 0.427 e. The molecule has 2 rings (SSSR count). The van der Waals surface area contributed by atoms with Gasteiger partial charge in [0, 0.05) is 30.6 Å². The third-order valence-corrected chi connectivity index (χ3v) is 4.69. The van der Waals surface area contributed by atoms with Gasteiger partial charge in [-0.3, -0.25) is 9.59 Å². The van der Waals surface area contributed by atoms with Crippen molar-refractivity contribution in [1.29, 1.82) is 0 Å². The van der Waals surface area contributed by atoms with Gasteiger partial charge in [0.15, 0.2) is 0 Å². The summed E-state index contributed by atoms with van der Waals surface area (Å²) in [6.07, 6.45) is 8.05. The van der Waals surface area contributed by atoms with Crippen LogP contribution in [0.2, 0.25) is 5.82 Å². The van der Waals surface area contributed by atoms with Crippen molar-refractivity contribution in [2.75, 3.05) is 0 Å². The van der Waals surface area contributed by atoms with Gasteiger partial charge in [0.25, 0.3) is 0 Å². The summed E-state index contributed by atoms with van der Waals surface area (Å²) >= 11 is 0. The topological polar surface area (TPSA) is 89.6 Å². The predicted molar refractivity (Wildman–Crippen MR) is 85.2 cm³/mol. The number of allylic oxidation sites excluding steroid dienone is 1. The number of Topliss-reactive ketones (excluding diaryl/α,β-unsaturated/α-hetero) is 2. The van der Waals surface area contributed by atoms with Crippen LogP contribution >= 0.6 is 0 Å². The molecule has 0 aromatic heterocycles. The van der Waals surface area contributed by atoms with Crippen LogP contribution in [0.25, 0.3) is 0 Å². The molecule has 5 nitrogen and oxygen atoms in total. The molecule has 2 atom stereocenters. The molecule has 1 fully saturated rings. The third-order valence-electron chi connectivity index (χ3n) is 4.69. The first-order chi connectivity index (χ1) is 10.5. The van der Waals surface area contributed by atoms with E-state index in [0.717, 1.165) is 25.7 Å². The van der Waals surface area contributed by atoms with Crippen molar-refractivity contribution in [1.82, 2.24) is 0 Å². The molecule has 0 amide bonds. The number of carbonyl (C=O) groups is 2. The second-order valence-corrected chi connectivity index (χ2v) is 6.68. The molecule has 3 N–H and O–H groups in total. The molecule has 0 bridgehead atoms. The van der Waals surface area contributed by atoms with Crippen LogP contribution in [0, 0.1) is 5.92 Å². The predicted octanol–water partition coefficient (Wildman–Crippen LogP) is 1.64. The van der Waals surface area contributed by atoms with E-state index < -0.39 is 7.12 Å². The van der Waals surface area contributed by atoms with Crippen LogP contribution in [-0.4, -0.2) is 35.9 Å². The molecule has 0 aromatic rings. The fourth-order valence-corrected chi connectivity index (χ4v) is 3.31. The van der Waals surface area contributed by atoms with E-state index in [2.05, 4.69) is 0 Å². The molecule has 1 aliphatic heterocycles. The van der Waals surface area contributed by atoms with Crippen LogP contribution in [-0.2, 0) is 14.2 Å². The number of hydrogen-bond acceptors (Lipinski definition) is 5. The van der Waals surface area contributed by atoms with E-state index in [-0.39, 0.29) is 41.9 Å². The Kier molecular flexibility index (Phi) is 6.35. The molecular formula is C16H26BNO4. The number of ketones is 2. The molecule has 0 radical (unpaired) electrons. The summed E-state index contributed by atoms with van der Waals surface area (Å²) in [5.41, 5.74) is 5.87. The Bertz CT molecular complexity index is 432. The van der Waals surface area contributed by atoms with Crippen LogP contribution in [0.4, 0.5) is 0 Å². The largest absolute Gasteiger partial charge is 0.458 e. The van der Waals surface area contributed by atoms with Crippen LogP contribution in [0.15, 0.2) is 12.2 Å². The number of hydrogen-bond donors (Lipinski definition) is 2. The molecule has 0 saturated heterocycles. The van der Waals surface area contributed by atoms with Gasteiger partial charge in [-0.15, -0.1) is 0 Å². The lowest BCUT2D eigenvalue weighted by atomic mass is 9.66. The zero-order chi connectivity index (χ0) is 16.1. The molecular weight excluding hydrogens is 281 g/mol. The van der Waals surface area contributed by atoms with Crippen LogP contribution in [0.1, 0.15) is 51.9 Å². The van der Waals surface area contributed by atoms with Gasteiger partial charge in [-0.05, 0) is 39.0 Å². The highest BCUT2D eigenvalue weighted by Crippen LogP contribution is 2.31. The Labute approximate surface area is 132 Å². The fourth-order valence-electron chi connectivity index (χ4n) is 3.31. The summed E-state index contributed by atoms with van der Waals surface area (Å²) in [4.78, 5) is 23.6. The van der Waals surface area contributed by atoms with Crippen molar-refractivity contribution in [3.05, 3.63) is 12.2 Å². The monoisotopic (exact) mass is 307 g/mol. The van der Waals surface area contributed by atoms with Gasteiger partial charge in [0.2, 0.25) is 0 Å². The normalized spacial score (nSPS) is 32.6. The molecule has 1 heterocycles. The van der Waals surface area contributed by atoms with Crippen molar-refractivity contribution in [2.45, 2.75) is 69.8 Å². The Balaban J connectivity index is 1.86. The summed E-state index contributed by atoms with van der Waals surface area (Å²) < 4.78 is 5.52. The van der Waals surface area contributed by atoms with Crippen LogP contribution in [0.3, 0.4) is 0 Å². The molecule has 22 heavy (non-hydrogen) atoms. The highest BCUT2D eigenvalue weighted by Gasteiger charge is 2.34. The Hall–Kier alpha value is -0.975. The maximum atomic E-state index is 12.4. The highest BCUT2D eigenvalue weighted by molar-refractivity contribution is 6.45. The van der Waals surface area contributed by atoms with E-state index in [4.69, 9.17) is 10.4 Å². The van der Waals surface area contributed by atoms with E-state index in [1.54, 1.807) is 0 Å². The van der Waals surface area contributed by atoms with E-state index in [9.17, 15) is 14.6 Å². The van der Waals surface area contributed by atoms with E-state index in [1.807, 2.05) is 12.2 Å². The molecule has 1 saturated carbocycles. The van der Waals surface area contributed by atoms with Crippen molar-refractivity contribution in [3.63, 3.8) is 0 Å². The molecule has 0 aromatic carbocycles. The maximum absolute atomic E-state index is 12.4. The lowest BCUT2D eigenvalue weighted by molar-refractivity contribution is -0.124. The van der Waals surface area contributed by atoms with Crippen LogP contribution in [0.5, 0.6) is 0 Å². The van der Waals surface area contributed by atoms with Gasteiger partial charge in [0.05, 0.1) is 6.10 Å². The molecule has 2 aliphatic rings. The van der Waals surface area contributed by atoms with Gasteiger partial charge in [-0.1, -0.05) is 12.2 Å². The zero-order valence-corrected chi connectivity index (χ0v) is 13.2. The van der Waals surface area contributed by atoms with Crippen LogP contribution < -0.4 is 5.73 Å². The van der Waals surface area contributed by atoms with Gasteiger partial charge in [0.1, 0.15) is 11.6 Å². The Morgan fingerprint density at radius 2 is 1.95 bits per heavy atom. The molecule has 6 heteroatoms. The van der Waals surface area contributed by atoms with Crippen molar-refractivity contribution < 1.29 is 19.3 Å². The third kappa shape index (κ3) is 5.04. The highest BCUT2D eigenvalue weighted by atomic mass is 16.5. The molecule has 1 aliphatic carbocycles. The average molecular weight is 307 g/mol. The fraction of sp³-hybridized carbons (Fsp3) is 0.750. The second kappa shape index (κ2) is 8.04. The summed E-state index contributed by atoms with van der Waals surface area (Å²) in [5, 5.41) is 10.2. The first kappa shape index (κ1) is 17.4. The minimum absolute atomic E-state index is 0.0231. The van der Waals surface area contributed by atoms with Gasteiger partial charge in [-0.2, -0.15) is 0 Å². The minimum atomic E-state index is -0.992. The lowest BCUT2D eigenvalue weighted by Crippen LogP contribution is -2.33. The summed E-state index contributed by atoms with van der Waals surface area (Å²) in [6.45, 7) is 1.50. The quantitative estimate of drug-likeness (QED) is 0.595. The Morgan fingerprint density at radius 3 is 2.59 bits per heavy atom. The maximum Gasteiger partial charge on any atom is 0.458 e.